The number of nitrogens with zero attached hydrogens (tertiary/aromatic N) is 1. The van der Waals surface area contributed by atoms with E-state index in [4.69, 9.17) is 27.9 Å². The van der Waals surface area contributed by atoms with E-state index in [0.717, 1.165) is 0 Å². The molecular formula is C19H19Cl2N3O4. The zero-order valence-electron chi connectivity index (χ0n) is 15.3. The van der Waals surface area contributed by atoms with Gasteiger partial charge in [-0.15, -0.1) is 0 Å². The van der Waals surface area contributed by atoms with Gasteiger partial charge >= 0.3 is 5.97 Å². The lowest BCUT2D eigenvalue weighted by atomic mass is 10.1. The average Bonchev–Trinajstić information content (AvgIpc) is 2.64. The number of hydrogen-bond donors (Lipinski definition) is 2. The van der Waals surface area contributed by atoms with Crippen LogP contribution in [-0.2, 0) is 14.3 Å². The van der Waals surface area contributed by atoms with Crippen molar-refractivity contribution >= 4 is 52.4 Å². The summed E-state index contributed by atoms with van der Waals surface area (Å²) in [6.45, 7) is -0.0577. The molecule has 2 rings (SSSR count). The highest BCUT2D eigenvalue weighted by molar-refractivity contribution is 6.31. The first-order valence-electron chi connectivity index (χ1n) is 8.20. The number of amides is 2. The van der Waals surface area contributed by atoms with Crippen molar-refractivity contribution in [2.75, 3.05) is 37.9 Å². The molecule has 7 nitrogen and oxygen atoms in total. The maximum Gasteiger partial charge on any atom is 0.340 e. The number of methoxy groups -OCH3 is 1. The molecule has 0 saturated carbocycles. The predicted molar refractivity (Wildman–Crippen MR) is 109 cm³/mol. The topological polar surface area (TPSA) is 87.7 Å². The van der Waals surface area contributed by atoms with E-state index in [1.807, 2.05) is 0 Å². The van der Waals surface area contributed by atoms with Gasteiger partial charge in [0.2, 0.25) is 11.8 Å². The Labute approximate surface area is 172 Å². The molecule has 28 heavy (non-hydrogen) atoms. The van der Waals surface area contributed by atoms with Crippen LogP contribution in [0.3, 0.4) is 0 Å². The Morgan fingerprint density at radius 1 is 0.929 bits per heavy atom. The lowest BCUT2D eigenvalue weighted by molar-refractivity contribution is -0.119. The minimum atomic E-state index is -0.617. The van der Waals surface area contributed by atoms with Crippen LogP contribution in [0, 0.1) is 0 Å². The fraction of sp³-hybridized carbons (Fsp3) is 0.211. The molecule has 0 aliphatic carbocycles. The van der Waals surface area contributed by atoms with E-state index in [1.54, 1.807) is 37.4 Å². The number of ether oxygens (including phenoxy) is 1. The maximum atomic E-state index is 12.3. The van der Waals surface area contributed by atoms with Crippen LogP contribution in [0.1, 0.15) is 10.4 Å². The largest absolute Gasteiger partial charge is 0.465 e. The number of benzene rings is 2. The van der Waals surface area contributed by atoms with Crippen molar-refractivity contribution in [3.8, 4) is 0 Å². The summed E-state index contributed by atoms with van der Waals surface area (Å²) in [4.78, 5) is 37.7. The van der Waals surface area contributed by atoms with Crippen molar-refractivity contribution in [2.24, 2.45) is 0 Å². The molecule has 9 heteroatoms. The van der Waals surface area contributed by atoms with Crippen molar-refractivity contribution in [3.05, 3.63) is 58.1 Å². The Morgan fingerprint density at radius 2 is 1.50 bits per heavy atom. The van der Waals surface area contributed by atoms with Crippen LogP contribution in [0.5, 0.6) is 0 Å². The lowest BCUT2D eigenvalue weighted by Gasteiger charge is -2.17. The van der Waals surface area contributed by atoms with E-state index in [9.17, 15) is 14.4 Å². The number of nitrogens with one attached hydrogen (secondary N) is 2. The fourth-order valence-corrected chi connectivity index (χ4v) is 2.67. The Balaban J connectivity index is 1.91. The van der Waals surface area contributed by atoms with E-state index >= 15 is 0 Å². The van der Waals surface area contributed by atoms with Crippen LogP contribution in [0.15, 0.2) is 42.5 Å². The molecule has 0 bridgehead atoms. The number of hydrogen-bond acceptors (Lipinski definition) is 5. The average molecular weight is 424 g/mol. The molecule has 0 fully saturated rings. The second kappa shape index (κ2) is 10.1. The third kappa shape index (κ3) is 6.53. The summed E-state index contributed by atoms with van der Waals surface area (Å²) in [5.41, 5.74) is 1.03. The SMILES string of the molecule is COC(=O)c1cc(Cl)ccc1NC(=O)CN(C)CC(=O)Nc1ccc(Cl)cc1. The molecule has 0 saturated heterocycles. The van der Waals surface area contributed by atoms with Gasteiger partial charge in [0.15, 0.2) is 0 Å². The molecule has 2 aromatic rings. The number of rotatable bonds is 7. The number of carbonyl (C=O) groups excluding carboxylic acids is 3. The van der Waals surface area contributed by atoms with E-state index in [0.29, 0.717) is 15.7 Å². The van der Waals surface area contributed by atoms with Gasteiger partial charge in [0.1, 0.15) is 0 Å². The smallest absolute Gasteiger partial charge is 0.340 e. The molecule has 0 heterocycles. The molecule has 0 atom stereocenters. The van der Waals surface area contributed by atoms with Gasteiger partial charge in [0, 0.05) is 15.7 Å². The fourth-order valence-electron chi connectivity index (χ4n) is 2.37. The summed E-state index contributed by atoms with van der Waals surface area (Å²) in [5.74, 6) is -1.29. The third-order valence-electron chi connectivity index (χ3n) is 3.62. The molecule has 2 aromatic carbocycles. The van der Waals surface area contributed by atoms with Crippen LogP contribution in [0.25, 0.3) is 0 Å². The van der Waals surface area contributed by atoms with Crippen molar-refractivity contribution in [3.63, 3.8) is 0 Å². The highest BCUT2D eigenvalue weighted by Crippen LogP contribution is 2.21. The second-order valence-electron chi connectivity index (χ2n) is 5.96. The van der Waals surface area contributed by atoms with Crippen LogP contribution in [-0.4, -0.2) is 49.9 Å². The summed E-state index contributed by atoms with van der Waals surface area (Å²) in [6.07, 6.45) is 0. The highest BCUT2D eigenvalue weighted by Gasteiger charge is 2.16. The molecule has 148 valence electrons. The Kier molecular flexibility index (Phi) is 7.80. The van der Waals surface area contributed by atoms with E-state index in [1.165, 1.54) is 24.1 Å². The van der Waals surface area contributed by atoms with Gasteiger partial charge in [0.25, 0.3) is 0 Å². The molecule has 2 N–H and O–H groups in total. The zero-order chi connectivity index (χ0) is 20.7. The minimum Gasteiger partial charge on any atom is -0.465 e. The van der Waals surface area contributed by atoms with E-state index in [2.05, 4.69) is 10.6 Å². The molecule has 0 aliphatic rings. The Hall–Kier alpha value is -2.61. The van der Waals surface area contributed by atoms with Gasteiger partial charge < -0.3 is 15.4 Å². The van der Waals surface area contributed by atoms with E-state index in [-0.39, 0.29) is 30.2 Å². The second-order valence-corrected chi connectivity index (χ2v) is 6.83. The van der Waals surface area contributed by atoms with Crippen molar-refractivity contribution < 1.29 is 19.1 Å². The van der Waals surface area contributed by atoms with E-state index < -0.39 is 11.9 Å². The lowest BCUT2D eigenvalue weighted by Crippen LogP contribution is -2.36. The van der Waals surface area contributed by atoms with Gasteiger partial charge in [-0.1, -0.05) is 23.2 Å². The molecule has 0 aliphatic heterocycles. The van der Waals surface area contributed by atoms with Gasteiger partial charge in [-0.25, -0.2) is 4.79 Å². The predicted octanol–water partition coefficient (Wildman–Crippen LogP) is 3.29. The molecule has 0 spiro atoms. The molecule has 0 aromatic heterocycles. The third-order valence-corrected chi connectivity index (χ3v) is 4.10. The number of halogens is 2. The van der Waals surface area contributed by atoms with Gasteiger partial charge in [-0.3, -0.25) is 14.5 Å². The van der Waals surface area contributed by atoms with Crippen molar-refractivity contribution in [2.45, 2.75) is 0 Å². The maximum absolute atomic E-state index is 12.3. The van der Waals surface area contributed by atoms with Crippen LogP contribution in [0.4, 0.5) is 11.4 Å². The Bertz CT molecular complexity index is 872. The summed E-state index contributed by atoms with van der Waals surface area (Å²) in [5, 5.41) is 6.25. The van der Waals surface area contributed by atoms with Crippen LogP contribution < -0.4 is 10.6 Å². The number of esters is 1. The molecule has 0 radical (unpaired) electrons. The molecule has 0 unspecified atom stereocenters. The summed E-state index contributed by atoms with van der Waals surface area (Å²) in [6, 6.07) is 11.2. The minimum absolute atomic E-state index is 0.000519. The number of anilines is 2. The van der Waals surface area contributed by atoms with Crippen molar-refractivity contribution in [1.82, 2.24) is 4.90 Å². The quantitative estimate of drug-likeness (QED) is 0.667. The summed E-state index contributed by atoms with van der Waals surface area (Å²) in [7, 11) is 2.87. The van der Waals surface area contributed by atoms with Gasteiger partial charge in [-0.2, -0.15) is 0 Å². The van der Waals surface area contributed by atoms with Gasteiger partial charge in [0.05, 0.1) is 31.5 Å². The van der Waals surface area contributed by atoms with Crippen molar-refractivity contribution in [1.29, 1.82) is 0 Å². The normalized spacial score (nSPS) is 10.5. The molecule has 2 amide bonds. The van der Waals surface area contributed by atoms with Crippen LogP contribution in [0.2, 0.25) is 10.0 Å². The number of likely N-dealkylation sites (N-methyl/N-ethyl adjacent to an activating group) is 1. The van der Waals surface area contributed by atoms with Gasteiger partial charge in [-0.05, 0) is 49.5 Å². The monoisotopic (exact) mass is 423 g/mol. The first-order chi connectivity index (χ1) is 13.3. The highest BCUT2D eigenvalue weighted by atomic mass is 35.5. The standard InChI is InChI=1S/C19H19Cl2N3O4/c1-24(10-17(25)22-14-6-3-12(20)4-7-14)11-18(26)23-16-8-5-13(21)9-15(16)19(27)28-2/h3-9H,10-11H2,1-2H3,(H,22,25)(H,23,26). The first-order valence-corrected chi connectivity index (χ1v) is 8.95. The summed E-state index contributed by atoms with van der Waals surface area (Å²) < 4.78 is 4.69. The first kappa shape index (κ1) is 21.7. The molecular weight excluding hydrogens is 405 g/mol. The summed E-state index contributed by atoms with van der Waals surface area (Å²) >= 11 is 11.7. The number of carbonyl (C=O) groups is 3. The Morgan fingerprint density at radius 3 is 2.11 bits per heavy atom. The zero-order valence-corrected chi connectivity index (χ0v) is 16.8. The van der Waals surface area contributed by atoms with Crippen LogP contribution >= 0.6 is 23.2 Å².